The van der Waals surface area contributed by atoms with Gasteiger partial charge in [0.05, 0.1) is 36.2 Å². The van der Waals surface area contributed by atoms with Gasteiger partial charge in [0, 0.05) is 12.2 Å². The van der Waals surface area contributed by atoms with Crippen molar-refractivity contribution >= 4 is 23.3 Å². The van der Waals surface area contributed by atoms with Crippen molar-refractivity contribution in [2.24, 2.45) is 0 Å². The zero-order valence-electron chi connectivity index (χ0n) is 13.1. The zero-order valence-corrected chi connectivity index (χ0v) is 13.9. The van der Waals surface area contributed by atoms with Crippen LogP contribution in [0.1, 0.15) is 23.0 Å². The third-order valence-electron chi connectivity index (χ3n) is 3.34. The molecule has 0 spiro atoms. The summed E-state index contributed by atoms with van der Waals surface area (Å²) in [6, 6.07) is 7.51. The van der Waals surface area contributed by atoms with Crippen LogP contribution in [0, 0.1) is 6.92 Å². The van der Waals surface area contributed by atoms with Crippen LogP contribution >= 0.6 is 11.6 Å². The SMILES string of the molecule is CCOC(=O)c1cnn(-c2ccc(NCC(O)CCl)cc2)c1C. The van der Waals surface area contributed by atoms with Crippen LogP contribution in [0.5, 0.6) is 0 Å². The minimum Gasteiger partial charge on any atom is -0.462 e. The zero-order chi connectivity index (χ0) is 16.8. The predicted molar refractivity (Wildman–Crippen MR) is 89.5 cm³/mol. The number of carbonyl (C=O) groups excluding carboxylic acids is 1. The van der Waals surface area contributed by atoms with E-state index in [1.54, 1.807) is 11.6 Å². The van der Waals surface area contributed by atoms with Gasteiger partial charge in [-0.1, -0.05) is 0 Å². The van der Waals surface area contributed by atoms with Gasteiger partial charge in [0.15, 0.2) is 0 Å². The molecule has 1 atom stereocenters. The maximum absolute atomic E-state index is 11.8. The minimum atomic E-state index is -0.586. The van der Waals surface area contributed by atoms with Crippen LogP contribution in [0.4, 0.5) is 5.69 Å². The van der Waals surface area contributed by atoms with Crippen LogP contribution in [-0.2, 0) is 4.74 Å². The number of hydrogen-bond donors (Lipinski definition) is 2. The molecule has 2 rings (SSSR count). The highest BCUT2D eigenvalue weighted by atomic mass is 35.5. The van der Waals surface area contributed by atoms with E-state index in [0.717, 1.165) is 17.1 Å². The molecular formula is C16H20ClN3O3. The van der Waals surface area contributed by atoms with Crippen molar-refractivity contribution in [3.05, 3.63) is 41.7 Å². The van der Waals surface area contributed by atoms with Gasteiger partial charge in [-0.05, 0) is 38.1 Å². The standard InChI is InChI=1S/C16H20ClN3O3/c1-3-23-16(22)15-10-19-20(11(15)2)13-6-4-12(5-7-13)18-9-14(21)8-17/h4-7,10,14,18,21H,3,8-9H2,1-2H3. The third kappa shape index (κ3) is 4.24. The minimum absolute atomic E-state index is 0.189. The van der Waals surface area contributed by atoms with E-state index in [2.05, 4.69) is 10.4 Å². The first-order chi connectivity index (χ1) is 11.1. The number of nitrogens with one attached hydrogen (secondary N) is 1. The summed E-state index contributed by atoms with van der Waals surface area (Å²) >= 11 is 5.55. The van der Waals surface area contributed by atoms with Crippen LogP contribution in [0.3, 0.4) is 0 Å². The van der Waals surface area contributed by atoms with E-state index in [-0.39, 0.29) is 11.8 Å². The number of carbonyl (C=O) groups is 1. The summed E-state index contributed by atoms with van der Waals surface area (Å²) in [7, 11) is 0. The van der Waals surface area contributed by atoms with E-state index < -0.39 is 6.10 Å². The lowest BCUT2D eigenvalue weighted by Gasteiger charge is -2.11. The largest absolute Gasteiger partial charge is 0.462 e. The molecule has 0 saturated heterocycles. The number of rotatable bonds is 7. The predicted octanol–water partition coefficient (Wildman–Crippen LogP) is 2.37. The van der Waals surface area contributed by atoms with Crippen molar-refractivity contribution in [1.82, 2.24) is 9.78 Å². The van der Waals surface area contributed by atoms with Crippen molar-refractivity contribution in [2.45, 2.75) is 20.0 Å². The highest BCUT2D eigenvalue weighted by Crippen LogP contribution is 2.17. The highest BCUT2D eigenvalue weighted by Gasteiger charge is 2.15. The van der Waals surface area contributed by atoms with Gasteiger partial charge in [0.1, 0.15) is 5.56 Å². The van der Waals surface area contributed by atoms with Crippen molar-refractivity contribution < 1.29 is 14.6 Å². The van der Waals surface area contributed by atoms with E-state index in [0.29, 0.717) is 18.7 Å². The highest BCUT2D eigenvalue weighted by molar-refractivity contribution is 6.18. The molecule has 2 N–H and O–H groups in total. The van der Waals surface area contributed by atoms with E-state index in [1.807, 2.05) is 31.2 Å². The van der Waals surface area contributed by atoms with E-state index in [1.165, 1.54) is 6.20 Å². The first-order valence-electron chi connectivity index (χ1n) is 7.36. The van der Waals surface area contributed by atoms with E-state index >= 15 is 0 Å². The molecule has 23 heavy (non-hydrogen) atoms. The Morgan fingerprint density at radius 1 is 1.43 bits per heavy atom. The Kier molecular flexibility index (Phi) is 6.01. The molecule has 1 aromatic heterocycles. The summed E-state index contributed by atoms with van der Waals surface area (Å²) in [4.78, 5) is 11.8. The number of esters is 1. The topological polar surface area (TPSA) is 76.4 Å². The Morgan fingerprint density at radius 2 is 2.13 bits per heavy atom. The molecule has 0 aliphatic heterocycles. The molecule has 0 fully saturated rings. The number of anilines is 1. The monoisotopic (exact) mass is 337 g/mol. The Balaban J connectivity index is 2.12. The Morgan fingerprint density at radius 3 is 2.74 bits per heavy atom. The lowest BCUT2D eigenvalue weighted by Crippen LogP contribution is -2.20. The molecule has 0 saturated carbocycles. The lowest BCUT2D eigenvalue weighted by atomic mass is 10.2. The van der Waals surface area contributed by atoms with Crippen LogP contribution in [-0.4, -0.2) is 46.0 Å². The Hall–Kier alpha value is -2.05. The van der Waals surface area contributed by atoms with Crippen LogP contribution in [0.25, 0.3) is 5.69 Å². The number of halogens is 1. The Bertz CT molecular complexity index is 655. The van der Waals surface area contributed by atoms with Crippen molar-refractivity contribution in [3.63, 3.8) is 0 Å². The molecular weight excluding hydrogens is 318 g/mol. The first-order valence-corrected chi connectivity index (χ1v) is 7.90. The molecule has 1 unspecified atom stereocenters. The molecule has 1 heterocycles. The maximum Gasteiger partial charge on any atom is 0.341 e. The van der Waals surface area contributed by atoms with Gasteiger partial charge in [-0.15, -0.1) is 11.6 Å². The van der Waals surface area contributed by atoms with Gasteiger partial charge in [-0.25, -0.2) is 9.48 Å². The number of aliphatic hydroxyl groups excluding tert-OH is 1. The molecule has 0 aliphatic rings. The van der Waals surface area contributed by atoms with Gasteiger partial charge in [0.25, 0.3) is 0 Å². The average molecular weight is 338 g/mol. The van der Waals surface area contributed by atoms with Gasteiger partial charge in [-0.3, -0.25) is 0 Å². The second-order valence-corrected chi connectivity index (χ2v) is 5.32. The fraction of sp³-hybridized carbons (Fsp3) is 0.375. The van der Waals surface area contributed by atoms with Gasteiger partial charge in [-0.2, -0.15) is 5.10 Å². The molecule has 2 aromatic rings. The van der Waals surface area contributed by atoms with Gasteiger partial charge in [0.2, 0.25) is 0 Å². The Labute approximate surface area is 140 Å². The maximum atomic E-state index is 11.8. The molecule has 0 bridgehead atoms. The van der Waals surface area contributed by atoms with Crippen LogP contribution < -0.4 is 5.32 Å². The molecule has 0 amide bonds. The van der Waals surface area contributed by atoms with Crippen LogP contribution in [0.2, 0.25) is 0 Å². The van der Waals surface area contributed by atoms with Crippen LogP contribution in [0.15, 0.2) is 30.5 Å². The summed E-state index contributed by atoms with van der Waals surface area (Å²) in [5.74, 6) is -0.182. The summed E-state index contributed by atoms with van der Waals surface area (Å²) in [6.45, 7) is 4.31. The second kappa shape index (κ2) is 7.99. The number of aliphatic hydroxyl groups is 1. The summed E-state index contributed by atoms with van der Waals surface area (Å²) < 4.78 is 6.69. The number of ether oxygens (including phenoxy) is 1. The number of benzene rings is 1. The number of aromatic nitrogens is 2. The normalized spacial score (nSPS) is 12.0. The van der Waals surface area contributed by atoms with Crippen molar-refractivity contribution in [3.8, 4) is 5.69 Å². The molecule has 7 heteroatoms. The summed E-state index contributed by atoms with van der Waals surface area (Å²) in [5, 5.41) is 16.8. The number of alkyl halides is 1. The van der Waals surface area contributed by atoms with Crippen molar-refractivity contribution in [1.29, 1.82) is 0 Å². The van der Waals surface area contributed by atoms with Crippen molar-refractivity contribution in [2.75, 3.05) is 24.3 Å². The van der Waals surface area contributed by atoms with Gasteiger partial charge < -0.3 is 15.2 Å². The molecule has 124 valence electrons. The smallest absolute Gasteiger partial charge is 0.341 e. The molecule has 1 aromatic carbocycles. The average Bonchev–Trinajstić information content (AvgIpc) is 2.95. The second-order valence-electron chi connectivity index (χ2n) is 5.01. The fourth-order valence-electron chi connectivity index (χ4n) is 2.09. The first kappa shape index (κ1) is 17.3. The molecule has 6 nitrogen and oxygen atoms in total. The third-order valence-corrected chi connectivity index (χ3v) is 3.69. The number of hydrogen-bond acceptors (Lipinski definition) is 5. The van der Waals surface area contributed by atoms with E-state index in [9.17, 15) is 9.90 Å². The molecule has 0 aliphatic carbocycles. The fourth-order valence-corrected chi connectivity index (χ4v) is 2.20. The van der Waals surface area contributed by atoms with Gasteiger partial charge >= 0.3 is 5.97 Å². The molecule has 0 radical (unpaired) electrons. The summed E-state index contributed by atoms with van der Waals surface area (Å²) in [5.41, 5.74) is 2.89. The quantitative estimate of drug-likeness (QED) is 0.599. The number of nitrogens with zero attached hydrogens (tertiary/aromatic N) is 2. The van der Waals surface area contributed by atoms with E-state index in [4.69, 9.17) is 16.3 Å². The summed E-state index contributed by atoms with van der Waals surface area (Å²) in [6.07, 6.45) is 0.924. The lowest BCUT2D eigenvalue weighted by molar-refractivity contribution is 0.0525.